The van der Waals surface area contributed by atoms with Gasteiger partial charge in [-0.25, -0.2) is 4.98 Å². The minimum atomic E-state index is -0.357. The largest absolute Gasteiger partial charge is 0.346 e. The first-order valence-electron chi connectivity index (χ1n) is 6.66. The number of fused-ring (bicyclic) bond motifs is 1. The van der Waals surface area contributed by atoms with E-state index in [-0.39, 0.29) is 37.3 Å². The molecule has 0 saturated carbocycles. The number of carbonyl (C=O) groups is 2. The molecule has 0 fully saturated rings. The molecule has 1 aromatic carbocycles. The second-order valence-electron chi connectivity index (χ2n) is 4.92. The first kappa shape index (κ1) is 18.3. The average molecular weight is 343 g/mol. The molecule has 8 heteroatoms. The fourth-order valence-corrected chi connectivity index (χ4v) is 2.73. The molecule has 2 amide bonds. The Bertz CT molecular complexity index is 672. The summed E-state index contributed by atoms with van der Waals surface area (Å²) in [6.07, 6.45) is 0. The van der Waals surface area contributed by atoms with Crippen LogP contribution in [0.15, 0.2) is 18.2 Å². The van der Waals surface area contributed by atoms with Gasteiger partial charge < -0.3 is 16.4 Å². The summed E-state index contributed by atoms with van der Waals surface area (Å²) in [5, 5.41) is 6.23. The molecule has 4 N–H and O–H groups in total. The van der Waals surface area contributed by atoms with Gasteiger partial charge in [0, 0.05) is 11.6 Å². The van der Waals surface area contributed by atoms with Gasteiger partial charge in [-0.1, -0.05) is 13.8 Å². The monoisotopic (exact) mass is 342 g/mol. The minimum Gasteiger partial charge on any atom is -0.346 e. The molecule has 0 saturated heterocycles. The van der Waals surface area contributed by atoms with E-state index in [2.05, 4.69) is 29.5 Å². The number of carbonyl (C=O) groups excluding carboxylic acids is 2. The van der Waals surface area contributed by atoms with Gasteiger partial charge >= 0.3 is 0 Å². The molecule has 120 valence electrons. The summed E-state index contributed by atoms with van der Waals surface area (Å²) < 4.78 is 1.03. The summed E-state index contributed by atoms with van der Waals surface area (Å²) >= 11 is 1.62. The summed E-state index contributed by atoms with van der Waals surface area (Å²) in [6, 6.07) is 5.57. The second kappa shape index (κ2) is 8.07. The van der Waals surface area contributed by atoms with Gasteiger partial charge in [0.15, 0.2) is 0 Å². The maximum Gasteiger partial charge on any atom is 0.243 e. The minimum absolute atomic E-state index is 0. The van der Waals surface area contributed by atoms with Gasteiger partial charge in [-0.2, -0.15) is 0 Å². The van der Waals surface area contributed by atoms with Crippen LogP contribution in [0.5, 0.6) is 0 Å². The molecule has 1 aromatic heterocycles. The van der Waals surface area contributed by atoms with Gasteiger partial charge in [0.2, 0.25) is 11.8 Å². The number of nitrogens with zero attached hydrogens (tertiary/aromatic N) is 1. The third kappa shape index (κ3) is 4.66. The van der Waals surface area contributed by atoms with Crippen molar-refractivity contribution >= 4 is 51.5 Å². The molecule has 0 atom stereocenters. The highest BCUT2D eigenvalue weighted by Crippen LogP contribution is 2.29. The third-order valence-corrected chi connectivity index (χ3v) is 4.13. The SMILES string of the molecule is CC(C)c1nc2ccc(NC(=O)CNC(=O)CN)cc2s1.Cl. The van der Waals surface area contributed by atoms with Crippen molar-refractivity contribution in [3.05, 3.63) is 23.2 Å². The lowest BCUT2D eigenvalue weighted by molar-refractivity contribution is -0.123. The van der Waals surface area contributed by atoms with Gasteiger partial charge in [0.1, 0.15) is 0 Å². The number of rotatable bonds is 5. The van der Waals surface area contributed by atoms with Crippen LogP contribution in [-0.4, -0.2) is 29.9 Å². The number of thiazole rings is 1. The van der Waals surface area contributed by atoms with Gasteiger partial charge in [-0.15, -0.1) is 23.7 Å². The van der Waals surface area contributed by atoms with E-state index in [1.807, 2.05) is 12.1 Å². The quantitative estimate of drug-likeness (QED) is 0.772. The number of anilines is 1. The smallest absolute Gasteiger partial charge is 0.243 e. The van der Waals surface area contributed by atoms with Crippen molar-refractivity contribution in [2.45, 2.75) is 19.8 Å². The fraction of sp³-hybridized carbons (Fsp3) is 0.357. The van der Waals surface area contributed by atoms with E-state index in [4.69, 9.17) is 5.73 Å². The molecule has 2 rings (SSSR count). The highest BCUT2D eigenvalue weighted by Gasteiger charge is 2.09. The molecule has 0 aliphatic carbocycles. The first-order chi connectivity index (χ1) is 9.99. The van der Waals surface area contributed by atoms with Gasteiger partial charge in [-0.3, -0.25) is 9.59 Å². The fourth-order valence-electron chi connectivity index (χ4n) is 1.72. The lowest BCUT2D eigenvalue weighted by Crippen LogP contribution is -2.36. The zero-order chi connectivity index (χ0) is 15.4. The number of hydrogen-bond donors (Lipinski definition) is 3. The summed E-state index contributed by atoms with van der Waals surface area (Å²) in [7, 11) is 0. The number of nitrogens with one attached hydrogen (secondary N) is 2. The van der Waals surface area contributed by atoms with E-state index in [1.165, 1.54) is 0 Å². The van der Waals surface area contributed by atoms with Crippen molar-refractivity contribution in [1.29, 1.82) is 0 Å². The summed E-state index contributed by atoms with van der Waals surface area (Å²) in [5.41, 5.74) is 6.77. The molecule has 1 heterocycles. The zero-order valence-electron chi connectivity index (χ0n) is 12.4. The van der Waals surface area contributed by atoms with Crippen molar-refractivity contribution in [3.63, 3.8) is 0 Å². The number of hydrogen-bond acceptors (Lipinski definition) is 5. The van der Waals surface area contributed by atoms with Crippen LogP contribution in [0.1, 0.15) is 24.8 Å². The van der Waals surface area contributed by atoms with Crippen molar-refractivity contribution in [2.24, 2.45) is 5.73 Å². The normalized spacial score (nSPS) is 10.4. The van der Waals surface area contributed by atoms with Crippen LogP contribution in [0.2, 0.25) is 0 Å². The van der Waals surface area contributed by atoms with Gasteiger partial charge in [-0.05, 0) is 18.2 Å². The number of aromatic nitrogens is 1. The third-order valence-electron chi connectivity index (χ3n) is 2.81. The van der Waals surface area contributed by atoms with Crippen molar-refractivity contribution in [2.75, 3.05) is 18.4 Å². The van der Waals surface area contributed by atoms with E-state index < -0.39 is 0 Å². The standard InChI is InChI=1S/C14H18N4O2S.ClH/c1-8(2)14-18-10-4-3-9(5-11(10)21-14)17-13(20)7-16-12(19)6-15;/h3-5,8H,6-7,15H2,1-2H3,(H,16,19)(H,17,20);1H. The lowest BCUT2D eigenvalue weighted by atomic mass is 10.2. The van der Waals surface area contributed by atoms with Crippen LogP contribution in [0.25, 0.3) is 10.2 Å². The Kier molecular flexibility index (Phi) is 6.73. The van der Waals surface area contributed by atoms with E-state index in [9.17, 15) is 9.59 Å². The predicted octanol–water partition coefficient (Wildman–Crippen LogP) is 1.85. The molecule has 22 heavy (non-hydrogen) atoms. The van der Waals surface area contributed by atoms with Crippen LogP contribution >= 0.6 is 23.7 Å². The van der Waals surface area contributed by atoms with Crippen LogP contribution in [0, 0.1) is 0 Å². The Hall–Kier alpha value is -1.70. The Morgan fingerprint density at radius 1 is 1.32 bits per heavy atom. The van der Waals surface area contributed by atoms with Crippen molar-refractivity contribution in [1.82, 2.24) is 10.3 Å². The maximum atomic E-state index is 11.7. The Morgan fingerprint density at radius 3 is 2.68 bits per heavy atom. The predicted molar refractivity (Wildman–Crippen MR) is 91.7 cm³/mol. The van der Waals surface area contributed by atoms with E-state index in [0.717, 1.165) is 15.2 Å². The molecule has 0 spiro atoms. The van der Waals surface area contributed by atoms with Crippen molar-refractivity contribution in [3.8, 4) is 0 Å². The summed E-state index contributed by atoms with van der Waals surface area (Å²) in [4.78, 5) is 27.2. The Balaban J connectivity index is 0.00000242. The molecular formula is C14H19ClN4O2S. The summed E-state index contributed by atoms with van der Waals surface area (Å²) in [6.45, 7) is 3.98. The van der Waals surface area contributed by atoms with E-state index in [1.54, 1.807) is 17.4 Å². The first-order valence-corrected chi connectivity index (χ1v) is 7.48. The van der Waals surface area contributed by atoms with Crippen LogP contribution in [-0.2, 0) is 9.59 Å². The topological polar surface area (TPSA) is 97.1 Å². The van der Waals surface area contributed by atoms with Gasteiger partial charge in [0.05, 0.1) is 28.3 Å². The molecule has 0 aliphatic rings. The van der Waals surface area contributed by atoms with Crippen LogP contribution in [0.4, 0.5) is 5.69 Å². The van der Waals surface area contributed by atoms with Crippen LogP contribution in [0.3, 0.4) is 0 Å². The van der Waals surface area contributed by atoms with Crippen LogP contribution < -0.4 is 16.4 Å². The Labute approximate surface area is 138 Å². The maximum absolute atomic E-state index is 11.7. The second-order valence-corrected chi connectivity index (χ2v) is 5.98. The number of nitrogens with two attached hydrogens (primary N) is 1. The molecular weight excluding hydrogens is 324 g/mol. The number of halogens is 1. The Morgan fingerprint density at radius 2 is 2.05 bits per heavy atom. The molecule has 0 radical (unpaired) electrons. The molecule has 6 nitrogen and oxygen atoms in total. The highest BCUT2D eigenvalue weighted by atomic mass is 35.5. The van der Waals surface area contributed by atoms with E-state index in [0.29, 0.717) is 11.6 Å². The highest BCUT2D eigenvalue weighted by molar-refractivity contribution is 7.18. The average Bonchev–Trinajstić information content (AvgIpc) is 2.88. The molecule has 0 bridgehead atoms. The van der Waals surface area contributed by atoms with Gasteiger partial charge in [0.25, 0.3) is 0 Å². The summed E-state index contributed by atoms with van der Waals surface area (Å²) in [5.74, 6) is -0.263. The molecule has 2 aromatic rings. The molecule has 0 unspecified atom stereocenters. The number of benzene rings is 1. The van der Waals surface area contributed by atoms with E-state index >= 15 is 0 Å². The number of amides is 2. The lowest BCUT2D eigenvalue weighted by Gasteiger charge is -2.06. The van der Waals surface area contributed by atoms with Crippen molar-refractivity contribution < 1.29 is 9.59 Å². The zero-order valence-corrected chi connectivity index (χ0v) is 14.0. The molecule has 0 aliphatic heterocycles.